The molecule has 0 aromatic carbocycles. The monoisotopic (exact) mass is 316 g/mol. The first kappa shape index (κ1) is 15.3. The molecule has 3 nitrogen and oxygen atoms in total. The molecule has 0 aliphatic heterocycles. The van der Waals surface area contributed by atoms with Crippen molar-refractivity contribution in [2.75, 3.05) is 12.9 Å². The van der Waals surface area contributed by atoms with E-state index in [-0.39, 0.29) is 12.2 Å². The molecule has 100 valence electrons. The summed E-state index contributed by atoms with van der Waals surface area (Å²) in [5, 5.41) is 3.51. The van der Waals surface area contributed by atoms with Crippen LogP contribution in [-0.4, -0.2) is 24.1 Å². The van der Waals surface area contributed by atoms with Crippen LogP contribution >= 0.6 is 34.7 Å². The second kappa shape index (κ2) is 7.65. The zero-order valence-electron chi connectivity index (χ0n) is 9.12. The summed E-state index contributed by atoms with van der Waals surface area (Å²) < 4.78 is 37.1. The average molecular weight is 317 g/mol. The van der Waals surface area contributed by atoms with Crippen molar-refractivity contribution in [1.82, 2.24) is 4.98 Å². The van der Waals surface area contributed by atoms with Gasteiger partial charge in [-0.3, -0.25) is 0 Å². The van der Waals surface area contributed by atoms with Crippen LogP contribution in [0.1, 0.15) is 12.1 Å². The summed E-state index contributed by atoms with van der Waals surface area (Å²) >= 11 is 8.18. The number of thiazole rings is 1. The molecule has 0 aliphatic carbocycles. The summed E-state index contributed by atoms with van der Waals surface area (Å²) in [4.78, 5) is 8.56. The van der Waals surface area contributed by atoms with Crippen LogP contribution in [-0.2, 0) is 4.84 Å². The molecule has 1 aromatic rings. The van der Waals surface area contributed by atoms with Crippen molar-refractivity contribution in [2.45, 2.75) is 10.8 Å². The molecule has 0 aliphatic rings. The van der Waals surface area contributed by atoms with Gasteiger partial charge < -0.3 is 4.84 Å². The van der Waals surface area contributed by atoms with Crippen LogP contribution in [0, 0.1) is 0 Å². The largest absolute Gasteiger partial charge is 0.399 e. The van der Waals surface area contributed by atoms with Crippen molar-refractivity contribution < 1.29 is 18.0 Å². The van der Waals surface area contributed by atoms with Gasteiger partial charge in [-0.1, -0.05) is 39.9 Å². The number of halogens is 4. The summed E-state index contributed by atoms with van der Waals surface area (Å²) in [6.45, 7) is 0. The number of rotatable bonds is 6. The van der Waals surface area contributed by atoms with E-state index >= 15 is 0 Å². The van der Waals surface area contributed by atoms with Gasteiger partial charge >= 0.3 is 6.08 Å². The van der Waals surface area contributed by atoms with Gasteiger partial charge in [0.25, 0.3) is 0 Å². The van der Waals surface area contributed by atoms with Crippen molar-refractivity contribution in [2.24, 2.45) is 5.16 Å². The topological polar surface area (TPSA) is 34.5 Å². The van der Waals surface area contributed by atoms with Crippen LogP contribution < -0.4 is 0 Å². The minimum atomic E-state index is -2.28. The molecule has 0 unspecified atom stereocenters. The van der Waals surface area contributed by atoms with Crippen LogP contribution in [0.15, 0.2) is 21.4 Å². The van der Waals surface area contributed by atoms with Gasteiger partial charge in [-0.15, -0.1) is 0 Å². The highest BCUT2D eigenvalue weighted by atomic mass is 35.5. The number of allylic oxidation sites excluding steroid dienone is 1. The van der Waals surface area contributed by atoms with E-state index in [2.05, 4.69) is 15.0 Å². The molecule has 0 N–H and O–H groups in total. The third-order valence-electron chi connectivity index (χ3n) is 1.62. The van der Waals surface area contributed by atoms with Gasteiger partial charge in [0, 0.05) is 12.2 Å². The van der Waals surface area contributed by atoms with E-state index in [0.29, 0.717) is 14.4 Å². The SMILES string of the molecule is CO/N=C/c1nc(SCCC(F)=C(F)F)sc1Cl. The molecule has 9 heteroatoms. The number of aromatic nitrogens is 1. The van der Waals surface area contributed by atoms with E-state index in [1.54, 1.807) is 0 Å². The smallest absolute Gasteiger partial charge is 0.301 e. The summed E-state index contributed by atoms with van der Waals surface area (Å²) in [6.07, 6.45) is -1.28. The molecule has 1 aromatic heterocycles. The third kappa shape index (κ3) is 4.87. The molecule has 18 heavy (non-hydrogen) atoms. The van der Waals surface area contributed by atoms with Crippen molar-refractivity contribution in [3.8, 4) is 0 Å². The van der Waals surface area contributed by atoms with Crippen LogP contribution in [0.25, 0.3) is 0 Å². The average Bonchev–Trinajstić information content (AvgIpc) is 2.67. The van der Waals surface area contributed by atoms with Crippen LogP contribution in [0.2, 0.25) is 4.34 Å². The van der Waals surface area contributed by atoms with Crippen molar-refractivity contribution in [3.63, 3.8) is 0 Å². The fourth-order valence-electron chi connectivity index (χ4n) is 0.860. The van der Waals surface area contributed by atoms with Gasteiger partial charge in [0.05, 0.1) is 6.21 Å². The normalized spacial score (nSPS) is 10.9. The van der Waals surface area contributed by atoms with Gasteiger partial charge in [0.15, 0.2) is 10.2 Å². The molecule has 0 amide bonds. The molecule has 0 bridgehead atoms. The van der Waals surface area contributed by atoms with E-state index in [9.17, 15) is 13.2 Å². The fraction of sp³-hybridized carbons (Fsp3) is 0.333. The minimum absolute atomic E-state index is 0.161. The molecule has 0 radical (unpaired) electrons. The quantitative estimate of drug-likeness (QED) is 0.445. The van der Waals surface area contributed by atoms with Gasteiger partial charge in [-0.25, -0.2) is 9.37 Å². The highest BCUT2D eigenvalue weighted by Gasteiger charge is 2.10. The zero-order valence-corrected chi connectivity index (χ0v) is 11.5. The van der Waals surface area contributed by atoms with E-state index < -0.39 is 11.9 Å². The maximum atomic E-state index is 12.5. The van der Waals surface area contributed by atoms with E-state index in [0.717, 1.165) is 11.8 Å². The third-order valence-corrected chi connectivity index (χ3v) is 4.05. The molecular weight excluding hydrogens is 309 g/mol. The van der Waals surface area contributed by atoms with Gasteiger partial charge in [0.2, 0.25) is 0 Å². The lowest BCUT2D eigenvalue weighted by molar-refractivity contribution is 0.215. The summed E-state index contributed by atoms with van der Waals surface area (Å²) in [7, 11) is 1.38. The minimum Gasteiger partial charge on any atom is -0.399 e. The Bertz CT molecular complexity index is 461. The van der Waals surface area contributed by atoms with E-state index in [1.165, 1.54) is 24.7 Å². The molecule has 1 rings (SSSR count). The Balaban J connectivity index is 2.54. The Labute approximate surface area is 115 Å². The van der Waals surface area contributed by atoms with Gasteiger partial charge in [-0.05, 0) is 0 Å². The summed E-state index contributed by atoms with van der Waals surface area (Å²) in [5.41, 5.74) is 0.429. The highest BCUT2D eigenvalue weighted by Crippen LogP contribution is 2.31. The Kier molecular flexibility index (Phi) is 6.51. The summed E-state index contributed by atoms with van der Waals surface area (Å²) in [6, 6.07) is 0. The van der Waals surface area contributed by atoms with Crippen molar-refractivity contribution >= 4 is 40.9 Å². The molecule has 1 heterocycles. The molecule has 0 saturated carbocycles. The first-order valence-electron chi connectivity index (χ1n) is 4.60. The van der Waals surface area contributed by atoms with Gasteiger partial charge in [0.1, 0.15) is 17.1 Å². The standard InChI is InChI=1S/C9H8ClF3N2OS2/c1-16-14-4-6-7(10)18-9(15-6)17-3-2-5(11)8(12)13/h4H,2-3H2,1H3/b14-4+. The van der Waals surface area contributed by atoms with Crippen LogP contribution in [0.3, 0.4) is 0 Å². The lowest BCUT2D eigenvalue weighted by Crippen LogP contribution is -1.85. The lowest BCUT2D eigenvalue weighted by Gasteiger charge is -1.94. The Morgan fingerprint density at radius 2 is 2.28 bits per heavy atom. The molecule has 0 fully saturated rings. The van der Waals surface area contributed by atoms with Crippen molar-refractivity contribution in [3.05, 3.63) is 21.9 Å². The Morgan fingerprint density at radius 1 is 1.56 bits per heavy atom. The maximum absolute atomic E-state index is 12.5. The highest BCUT2D eigenvalue weighted by molar-refractivity contribution is 8.01. The van der Waals surface area contributed by atoms with Gasteiger partial charge in [-0.2, -0.15) is 8.78 Å². The number of hydrogen-bond donors (Lipinski definition) is 0. The summed E-state index contributed by atoms with van der Waals surface area (Å²) in [5.74, 6) is -1.24. The first-order valence-corrected chi connectivity index (χ1v) is 6.78. The van der Waals surface area contributed by atoms with Crippen molar-refractivity contribution in [1.29, 1.82) is 0 Å². The Hall–Kier alpha value is -0.730. The number of nitrogens with zero attached hydrogens (tertiary/aromatic N) is 2. The maximum Gasteiger partial charge on any atom is 0.301 e. The number of hydrogen-bond acceptors (Lipinski definition) is 5. The van der Waals surface area contributed by atoms with Crippen LogP contribution in [0.4, 0.5) is 13.2 Å². The molecular formula is C9H8ClF3N2OS2. The fourth-order valence-corrected chi connectivity index (χ4v) is 3.16. The number of thioether (sulfide) groups is 1. The van der Waals surface area contributed by atoms with E-state index in [4.69, 9.17) is 11.6 Å². The molecule has 0 atom stereocenters. The number of oxime groups is 1. The van der Waals surface area contributed by atoms with E-state index in [1.807, 2.05) is 0 Å². The predicted octanol–water partition coefficient (Wildman–Crippen LogP) is 4.34. The Morgan fingerprint density at radius 3 is 2.89 bits per heavy atom. The second-order valence-corrected chi connectivity index (χ2v) is 5.76. The zero-order chi connectivity index (χ0) is 13.5. The molecule has 0 spiro atoms. The lowest BCUT2D eigenvalue weighted by atomic mass is 10.4. The molecule has 0 saturated heterocycles. The first-order chi connectivity index (χ1) is 8.54. The second-order valence-electron chi connectivity index (χ2n) is 2.82. The van der Waals surface area contributed by atoms with Crippen LogP contribution in [0.5, 0.6) is 0 Å². The predicted molar refractivity (Wildman–Crippen MR) is 67.4 cm³/mol.